The maximum atomic E-state index is 13.0. The Morgan fingerprint density at radius 3 is 2.43 bits per heavy atom. The van der Waals surface area contributed by atoms with Crippen LogP contribution in [-0.2, 0) is 16.1 Å². The molecule has 0 aliphatic rings. The van der Waals surface area contributed by atoms with E-state index in [-0.39, 0.29) is 23.9 Å². The molecule has 0 radical (unpaired) electrons. The topological polar surface area (TPSA) is 66.4 Å². The lowest BCUT2D eigenvalue weighted by molar-refractivity contribution is -0.152. The van der Waals surface area contributed by atoms with Crippen molar-refractivity contribution >= 4 is 23.5 Å². The fraction of sp³-hybridized carbons (Fsp3) is 0.467. The highest BCUT2D eigenvalue weighted by molar-refractivity contribution is 6.30. The molecule has 0 aromatic heterocycles. The van der Waals surface area contributed by atoms with Crippen molar-refractivity contribution in [3.8, 4) is 0 Å². The highest BCUT2D eigenvalue weighted by Gasteiger charge is 2.36. The molecule has 0 bridgehead atoms. The number of amides is 1. The van der Waals surface area contributed by atoms with Crippen LogP contribution in [0.4, 0.5) is 4.39 Å². The van der Waals surface area contributed by atoms with Crippen molar-refractivity contribution in [2.45, 2.75) is 39.7 Å². The number of hydrogen-bond acceptors (Lipinski definition) is 2. The maximum absolute atomic E-state index is 13.0. The summed E-state index contributed by atoms with van der Waals surface area (Å²) < 4.78 is 13.0. The number of rotatable bonds is 7. The minimum absolute atomic E-state index is 0.0104. The number of halogens is 2. The Balaban J connectivity index is 2.65. The zero-order valence-electron chi connectivity index (χ0n) is 12.1. The van der Waals surface area contributed by atoms with Crippen LogP contribution in [-0.4, -0.2) is 17.0 Å². The van der Waals surface area contributed by atoms with Crippen molar-refractivity contribution < 1.29 is 19.1 Å². The first-order chi connectivity index (χ1) is 9.84. The van der Waals surface area contributed by atoms with E-state index in [2.05, 4.69) is 5.32 Å². The second-order valence-electron chi connectivity index (χ2n) is 4.99. The number of carboxylic acids is 1. The van der Waals surface area contributed by atoms with Crippen LogP contribution in [0.15, 0.2) is 18.2 Å². The maximum Gasteiger partial charge on any atom is 0.310 e. The molecular formula is C15H19ClFNO3. The van der Waals surface area contributed by atoms with Crippen LogP contribution in [0.1, 0.15) is 38.7 Å². The Kier molecular flexibility index (Phi) is 6.15. The molecule has 1 aromatic carbocycles. The van der Waals surface area contributed by atoms with Crippen molar-refractivity contribution in [2.75, 3.05) is 0 Å². The summed E-state index contributed by atoms with van der Waals surface area (Å²) in [5.74, 6) is -1.83. The van der Waals surface area contributed by atoms with E-state index in [4.69, 9.17) is 11.6 Å². The van der Waals surface area contributed by atoms with Gasteiger partial charge in [-0.3, -0.25) is 9.59 Å². The summed E-state index contributed by atoms with van der Waals surface area (Å²) in [7, 11) is 0. The van der Waals surface area contributed by atoms with Crippen LogP contribution in [0.25, 0.3) is 0 Å². The molecule has 2 N–H and O–H groups in total. The van der Waals surface area contributed by atoms with E-state index in [0.29, 0.717) is 18.4 Å². The molecule has 0 saturated carbocycles. The number of benzene rings is 1. The van der Waals surface area contributed by atoms with Gasteiger partial charge in [-0.15, -0.1) is 0 Å². The average Bonchev–Trinajstić information content (AvgIpc) is 2.45. The van der Waals surface area contributed by atoms with Crippen molar-refractivity contribution in [3.63, 3.8) is 0 Å². The number of carbonyl (C=O) groups is 2. The molecule has 0 heterocycles. The monoisotopic (exact) mass is 315 g/mol. The number of carbonyl (C=O) groups excluding carboxylic acids is 1. The van der Waals surface area contributed by atoms with E-state index in [1.165, 1.54) is 18.2 Å². The second kappa shape index (κ2) is 7.41. The predicted molar refractivity (Wildman–Crippen MR) is 78.5 cm³/mol. The number of aliphatic carboxylic acids is 1. The molecule has 116 valence electrons. The zero-order chi connectivity index (χ0) is 16.0. The predicted octanol–water partition coefficient (Wildman–Crippen LogP) is 3.38. The van der Waals surface area contributed by atoms with Gasteiger partial charge in [-0.1, -0.05) is 31.5 Å². The lowest BCUT2D eigenvalue weighted by Gasteiger charge is -2.25. The summed E-state index contributed by atoms with van der Waals surface area (Å²) in [5, 5.41) is 11.9. The van der Waals surface area contributed by atoms with E-state index in [1.54, 1.807) is 13.8 Å². The largest absolute Gasteiger partial charge is 0.481 e. The van der Waals surface area contributed by atoms with Gasteiger partial charge in [0.2, 0.25) is 5.91 Å². The molecule has 0 unspecified atom stereocenters. The average molecular weight is 316 g/mol. The molecule has 0 spiro atoms. The number of nitrogens with one attached hydrogen (secondary N) is 1. The van der Waals surface area contributed by atoms with E-state index in [0.717, 1.165) is 0 Å². The summed E-state index contributed by atoms with van der Waals surface area (Å²) >= 11 is 5.66. The van der Waals surface area contributed by atoms with E-state index in [1.807, 2.05) is 0 Å². The normalized spacial score (nSPS) is 11.2. The first-order valence-corrected chi connectivity index (χ1v) is 7.16. The van der Waals surface area contributed by atoms with Gasteiger partial charge in [-0.2, -0.15) is 0 Å². The third-order valence-corrected chi connectivity index (χ3v) is 4.07. The van der Waals surface area contributed by atoms with Crippen molar-refractivity contribution in [2.24, 2.45) is 5.41 Å². The molecule has 0 fully saturated rings. The second-order valence-corrected chi connectivity index (χ2v) is 5.40. The third-order valence-electron chi connectivity index (χ3n) is 3.78. The molecule has 0 aliphatic heterocycles. The minimum atomic E-state index is -1.04. The standard InChI is InChI=1S/C15H19ClFNO3/c1-3-15(4-2,14(20)21)8-13(19)18-9-10-5-6-12(17)11(16)7-10/h5-7H,3-4,8-9H2,1-2H3,(H,18,19)(H,20,21). The van der Waals surface area contributed by atoms with Crippen LogP contribution in [0.5, 0.6) is 0 Å². The smallest absolute Gasteiger partial charge is 0.310 e. The molecule has 0 aliphatic carbocycles. The van der Waals surface area contributed by atoms with Gasteiger partial charge in [-0.25, -0.2) is 4.39 Å². The Morgan fingerprint density at radius 1 is 1.33 bits per heavy atom. The van der Waals surface area contributed by atoms with Crippen LogP contribution >= 0.6 is 11.6 Å². The van der Waals surface area contributed by atoms with Crippen molar-refractivity contribution in [1.82, 2.24) is 5.32 Å². The zero-order valence-corrected chi connectivity index (χ0v) is 12.8. The lowest BCUT2D eigenvalue weighted by atomic mass is 9.79. The first-order valence-electron chi connectivity index (χ1n) is 6.78. The van der Waals surface area contributed by atoms with Crippen LogP contribution in [0, 0.1) is 11.2 Å². The van der Waals surface area contributed by atoms with Gasteiger partial charge in [0.05, 0.1) is 10.4 Å². The van der Waals surface area contributed by atoms with Crippen LogP contribution < -0.4 is 5.32 Å². The molecular weight excluding hydrogens is 297 g/mol. The van der Waals surface area contributed by atoms with E-state index >= 15 is 0 Å². The van der Waals surface area contributed by atoms with Gasteiger partial charge < -0.3 is 10.4 Å². The molecule has 0 atom stereocenters. The summed E-state index contributed by atoms with van der Waals surface area (Å²) in [6, 6.07) is 4.18. The summed E-state index contributed by atoms with van der Waals surface area (Å²) in [5.41, 5.74) is -0.381. The SMILES string of the molecule is CCC(CC)(CC(=O)NCc1ccc(F)c(Cl)c1)C(=O)O. The van der Waals surface area contributed by atoms with Gasteiger partial charge in [0.1, 0.15) is 5.82 Å². The number of carboxylic acid groups (broad SMARTS) is 1. The van der Waals surface area contributed by atoms with Gasteiger partial charge in [0.25, 0.3) is 0 Å². The van der Waals surface area contributed by atoms with Gasteiger partial charge in [0, 0.05) is 13.0 Å². The molecule has 4 nitrogen and oxygen atoms in total. The molecule has 1 amide bonds. The van der Waals surface area contributed by atoms with Gasteiger partial charge in [-0.05, 0) is 30.5 Å². The van der Waals surface area contributed by atoms with E-state index < -0.39 is 17.2 Å². The Bertz CT molecular complexity index is 530. The Hall–Kier alpha value is -1.62. The minimum Gasteiger partial charge on any atom is -0.481 e. The summed E-state index contributed by atoms with van der Waals surface area (Å²) in [4.78, 5) is 23.3. The molecule has 1 aromatic rings. The first kappa shape index (κ1) is 17.4. The molecule has 21 heavy (non-hydrogen) atoms. The highest BCUT2D eigenvalue weighted by Crippen LogP contribution is 2.30. The molecule has 0 saturated heterocycles. The fourth-order valence-electron chi connectivity index (χ4n) is 2.10. The van der Waals surface area contributed by atoms with Crippen molar-refractivity contribution in [3.05, 3.63) is 34.6 Å². The van der Waals surface area contributed by atoms with E-state index in [9.17, 15) is 19.1 Å². The lowest BCUT2D eigenvalue weighted by Crippen LogP contribution is -2.36. The van der Waals surface area contributed by atoms with Gasteiger partial charge in [0.15, 0.2) is 0 Å². The summed E-state index contributed by atoms with van der Waals surface area (Å²) in [6.07, 6.45) is 0.688. The Labute approximate surface area is 128 Å². The third kappa shape index (κ3) is 4.43. The number of hydrogen-bond donors (Lipinski definition) is 2. The van der Waals surface area contributed by atoms with Crippen LogP contribution in [0.3, 0.4) is 0 Å². The van der Waals surface area contributed by atoms with Crippen molar-refractivity contribution in [1.29, 1.82) is 0 Å². The molecule has 1 rings (SSSR count). The quantitative estimate of drug-likeness (QED) is 0.810. The Morgan fingerprint density at radius 2 is 1.95 bits per heavy atom. The highest BCUT2D eigenvalue weighted by atomic mass is 35.5. The fourth-order valence-corrected chi connectivity index (χ4v) is 2.30. The summed E-state index contributed by atoms with van der Waals surface area (Å²) in [6.45, 7) is 3.69. The molecule has 6 heteroatoms. The van der Waals surface area contributed by atoms with Gasteiger partial charge >= 0.3 is 5.97 Å². The van der Waals surface area contributed by atoms with Crippen LogP contribution in [0.2, 0.25) is 5.02 Å².